The largest absolute Gasteiger partial charge is 0.337 e. The van der Waals surface area contributed by atoms with Crippen LogP contribution >= 0.6 is 11.3 Å². The summed E-state index contributed by atoms with van der Waals surface area (Å²) in [5.41, 5.74) is 1.18. The second kappa shape index (κ2) is 5.55. The number of hydrogen-bond donors (Lipinski definition) is 1. The normalized spacial score (nSPS) is 15.1. The van der Waals surface area contributed by atoms with Crippen molar-refractivity contribution in [2.45, 2.75) is 19.4 Å². The zero-order valence-electron chi connectivity index (χ0n) is 9.29. The lowest BCUT2D eigenvalue weighted by molar-refractivity contribution is -0.131. The Morgan fingerprint density at radius 1 is 1.59 bits per heavy atom. The third-order valence-electron chi connectivity index (χ3n) is 2.74. The monoisotopic (exact) mass is 260 g/mol. The van der Waals surface area contributed by atoms with Crippen LogP contribution in [-0.2, 0) is 17.8 Å². The molecule has 0 saturated heterocycles. The van der Waals surface area contributed by atoms with Crippen molar-refractivity contribution in [1.29, 1.82) is 0 Å². The van der Waals surface area contributed by atoms with Gasteiger partial charge in [-0.15, -0.1) is 11.3 Å². The molecule has 0 fully saturated rings. The maximum absolute atomic E-state index is 11.9. The standard InChI is InChI=1S/C11H14F2N2OS/c12-10(13)5-14-6-11(16)15-3-1-9-8(7-15)2-4-17-9/h2,4,10,14H,1,3,5-7H2. The molecular formula is C11H14F2N2OS. The van der Waals surface area contributed by atoms with Crippen LogP contribution in [0.25, 0.3) is 0 Å². The van der Waals surface area contributed by atoms with Crippen molar-refractivity contribution in [3.8, 4) is 0 Å². The van der Waals surface area contributed by atoms with Gasteiger partial charge in [0, 0.05) is 18.0 Å². The van der Waals surface area contributed by atoms with Crippen LogP contribution in [0.5, 0.6) is 0 Å². The highest BCUT2D eigenvalue weighted by Gasteiger charge is 2.21. The summed E-state index contributed by atoms with van der Waals surface area (Å²) < 4.78 is 23.8. The second-order valence-electron chi connectivity index (χ2n) is 3.96. The number of carbonyl (C=O) groups excluding carboxylic acids is 1. The van der Waals surface area contributed by atoms with Gasteiger partial charge >= 0.3 is 0 Å². The molecule has 1 aliphatic rings. The summed E-state index contributed by atoms with van der Waals surface area (Å²) in [4.78, 5) is 14.8. The molecule has 0 radical (unpaired) electrons. The molecule has 0 atom stereocenters. The van der Waals surface area contributed by atoms with Crippen molar-refractivity contribution in [2.24, 2.45) is 0 Å². The molecule has 1 aliphatic heterocycles. The maximum atomic E-state index is 11.9. The Morgan fingerprint density at radius 3 is 3.18 bits per heavy atom. The number of thiophene rings is 1. The fourth-order valence-electron chi connectivity index (χ4n) is 1.86. The van der Waals surface area contributed by atoms with E-state index in [1.165, 1.54) is 10.4 Å². The first kappa shape index (κ1) is 12.4. The number of carbonyl (C=O) groups is 1. The number of halogens is 2. The molecule has 94 valence electrons. The van der Waals surface area contributed by atoms with Gasteiger partial charge in [-0.05, 0) is 23.4 Å². The van der Waals surface area contributed by atoms with Gasteiger partial charge in [0.25, 0.3) is 6.43 Å². The van der Waals surface area contributed by atoms with Gasteiger partial charge in [-0.3, -0.25) is 4.79 Å². The first-order valence-electron chi connectivity index (χ1n) is 5.48. The molecule has 3 nitrogen and oxygen atoms in total. The van der Waals surface area contributed by atoms with E-state index < -0.39 is 13.0 Å². The van der Waals surface area contributed by atoms with Crippen LogP contribution in [0.1, 0.15) is 10.4 Å². The van der Waals surface area contributed by atoms with Crippen LogP contribution in [0.15, 0.2) is 11.4 Å². The van der Waals surface area contributed by atoms with Gasteiger partial charge in [0.2, 0.25) is 5.91 Å². The number of rotatable bonds is 4. The van der Waals surface area contributed by atoms with Crippen molar-refractivity contribution in [1.82, 2.24) is 10.2 Å². The minimum atomic E-state index is -2.41. The highest BCUT2D eigenvalue weighted by Crippen LogP contribution is 2.23. The Morgan fingerprint density at radius 2 is 2.41 bits per heavy atom. The van der Waals surface area contributed by atoms with Crippen molar-refractivity contribution in [3.05, 3.63) is 21.9 Å². The van der Waals surface area contributed by atoms with Crippen LogP contribution < -0.4 is 5.32 Å². The van der Waals surface area contributed by atoms with Gasteiger partial charge in [-0.1, -0.05) is 0 Å². The van der Waals surface area contributed by atoms with Crippen LogP contribution in [0, 0.1) is 0 Å². The van der Waals surface area contributed by atoms with E-state index in [4.69, 9.17) is 0 Å². The molecule has 0 unspecified atom stereocenters. The van der Waals surface area contributed by atoms with Crippen LogP contribution in [0.4, 0.5) is 8.78 Å². The summed E-state index contributed by atoms with van der Waals surface area (Å²) >= 11 is 1.71. The van der Waals surface area contributed by atoms with Crippen molar-refractivity contribution >= 4 is 17.2 Å². The van der Waals surface area contributed by atoms with Gasteiger partial charge in [0.15, 0.2) is 0 Å². The number of nitrogens with zero attached hydrogens (tertiary/aromatic N) is 1. The first-order chi connectivity index (χ1) is 8.16. The highest BCUT2D eigenvalue weighted by molar-refractivity contribution is 7.10. The van der Waals surface area contributed by atoms with E-state index in [1.807, 2.05) is 11.4 Å². The summed E-state index contributed by atoms with van der Waals surface area (Å²) in [5.74, 6) is -0.109. The van der Waals surface area contributed by atoms with Crippen LogP contribution in [0.3, 0.4) is 0 Å². The van der Waals surface area contributed by atoms with Gasteiger partial charge in [0.05, 0.1) is 13.1 Å². The zero-order chi connectivity index (χ0) is 12.3. The minimum Gasteiger partial charge on any atom is -0.337 e. The van der Waals surface area contributed by atoms with E-state index in [0.29, 0.717) is 13.1 Å². The summed E-state index contributed by atoms with van der Waals surface area (Å²) in [6.07, 6.45) is -1.54. The molecule has 1 amide bonds. The lowest BCUT2D eigenvalue weighted by Gasteiger charge is -2.27. The molecule has 17 heavy (non-hydrogen) atoms. The van der Waals surface area contributed by atoms with E-state index in [-0.39, 0.29) is 12.5 Å². The van der Waals surface area contributed by atoms with E-state index in [9.17, 15) is 13.6 Å². The molecule has 0 aliphatic carbocycles. The van der Waals surface area contributed by atoms with Crippen LogP contribution in [-0.4, -0.2) is 36.9 Å². The van der Waals surface area contributed by atoms with Gasteiger partial charge in [-0.25, -0.2) is 8.78 Å². The molecule has 0 aromatic carbocycles. The Hall–Kier alpha value is -1.01. The van der Waals surface area contributed by atoms with E-state index >= 15 is 0 Å². The SMILES string of the molecule is O=C(CNCC(F)F)N1CCc2sccc2C1. The fourth-order valence-corrected chi connectivity index (χ4v) is 2.75. The van der Waals surface area contributed by atoms with E-state index in [0.717, 1.165) is 6.42 Å². The molecule has 2 heterocycles. The summed E-state index contributed by atoms with van der Waals surface area (Å²) in [5, 5.41) is 4.48. The van der Waals surface area contributed by atoms with Gasteiger partial charge in [0.1, 0.15) is 0 Å². The number of nitrogens with one attached hydrogen (secondary N) is 1. The smallest absolute Gasteiger partial charge is 0.250 e. The summed E-state index contributed by atoms with van der Waals surface area (Å²) in [6, 6.07) is 2.02. The average Bonchev–Trinajstić information content (AvgIpc) is 2.75. The quantitative estimate of drug-likeness (QED) is 0.889. The molecule has 6 heteroatoms. The predicted octanol–water partition coefficient (Wildman–Crippen LogP) is 1.49. The Labute approximate surface area is 102 Å². The van der Waals surface area contributed by atoms with E-state index in [2.05, 4.69) is 5.32 Å². The average molecular weight is 260 g/mol. The minimum absolute atomic E-state index is 0.0101. The number of hydrogen-bond acceptors (Lipinski definition) is 3. The van der Waals surface area contributed by atoms with Crippen LogP contribution in [0.2, 0.25) is 0 Å². The van der Waals surface area contributed by atoms with Gasteiger partial charge < -0.3 is 10.2 Å². The molecular weight excluding hydrogens is 246 g/mol. The molecule has 1 aromatic heterocycles. The molecule has 0 spiro atoms. The Kier molecular flexibility index (Phi) is 4.06. The molecule has 0 saturated carbocycles. The second-order valence-corrected chi connectivity index (χ2v) is 4.96. The van der Waals surface area contributed by atoms with Crippen molar-refractivity contribution < 1.29 is 13.6 Å². The third kappa shape index (κ3) is 3.23. The third-order valence-corrected chi connectivity index (χ3v) is 3.76. The molecule has 1 N–H and O–H groups in total. The number of amides is 1. The topological polar surface area (TPSA) is 32.3 Å². The Bertz CT molecular complexity index is 395. The maximum Gasteiger partial charge on any atom is 0.250 e. The molecule has 0 bridgehead atoms. The fraction of sp³-hybridized carbons (Fsp3) is 0.545. The number of fused-ring (bicyclic) bond motifs is 1. The summed E-state index contributed by atoms with van der Waals surface area (Å²) in [7, 11) is 0. The summed E-state index contributed by atoms with van der Waals surface area (Å²) in [6.45, 7) is 0.851. The zero-order valence-corrected chi connectivity index (χ0v) is 10.1. The van der Waals surface area contributed by atoms with Gasteiger partial charge in [-0.2, -0.15) is 0 Å². The van der Waals surface area contributed by atoms with Crippen molar-refractivity contribution in [2.75, 3.05) is 19.6 Å². The number of alkyl halides is 2. The lowest BCUT2D eigenvalue weighted by Crippen LogP contribution is -2.41. The first-order valence-corrected chi connectivity index (χ1v) is 6.36. The Balaban J connectivity index is 1.82. The predicted molar refractivity (Wildman–Crippen MR) is 62.3 cm³/mol. The van der Waals surface area contributed by atoms with Crippen molar-refractivity contribution in [3.63, 3.8) is 0 Å². The van der Waals surface area contributed by atoms with E-state index in [1.54, 1.807) is 16.2 Å². The molecule has 2 rings (SSSR count). The highest BCUT2D eigenvalue weighted by atomic mass is 32.1. The lowest BCUT2D eigenvalue weighted by atomic mass is 10.1. The molecule has 1 aromatic rings.